The van der Waals surface area contributed by atoms with Crippen molar-refractivity contribution < 1.29 is 4.79 Å². The fraction of sp³-hybridized carbons (Fsp3) is 0.176. The first-order valence-electron chi connectivity index (χ1n) is 7.68. The van der Waals surface area contributed by atoms with Gasteiger partial charge in [-0.15, -0.1) is 0 Å². The Labute approximate surface area is 137 Å². The molecule has 120 valence electrons. The van der Waals surface area contributed by atoms with Crippen LogP contribution in [0.15, 0.2) is 53.7 Å². The second-order valence-corrected chi connectivity index (χ2v) is 5.76. The van der Waals surface area contributed by atoms with E-state index in [1.807, 2.05) is 24.3 Å². The van der Waals surface area contributed by atoms with Gasteiger partial charge in [-0.1, -0.05) is 24.3 Å². The molecule has 0 saturated heterocycles. The van der Waals surface area contributed by atoms with Crippen LogP contribution in [0.4, 0.5) is 5.69 Å². The largest absolute Gasteiger partial charge is 0.320 e. The quantitative estimate of drug-likeness (QED) is 0.760. The summed E-state index contributed by atoms with van der Waals surface area (Å²) in [7, 11) is 0. The van der Waals surface area contributed by atoms with E-state index in [0.717, 1.165) is 0 Å². The van der Waals surface area contributed by atoms with Crippen LogP contribution < -0.4 is 10.9 Å². The van der Waals surface area contributed by atoms with E-state index in [9.17, 15) is 9.59 Å². The number of carbonyl (C=O) groups is 1. The molecule has 0 atom stereocenters. The van der Waals surface area contributed by atoms with Gasteiger partial charge in [0, 0.05) is 18.3 Å². The second-order valence-electron chi connectivity index (χ2n) is 5.76. The summed E-state index contributed by atoms with van der Waals surface area (Å²) >= 11 is 0. The molecule has 1 amide bonds. The van der Waals surface area contributed by atoms with Crippen LogP contribution in [0.5, 0.6) is 0 Å². The van der Waals surface area contributed by atoms with Crippen molar-refractivity contribution >= 4 is 11.6 Å². The minimum absolute atomic E-state index is 0.145. The van der Waals surface area contributed by atoms with Crippen molar-refractivity contribution in [3.8, 4) is 5.95 Å². The zero-order chi connectivity index (χ0) is 16.5. The Bertz CT molecular complexity index is 921. The average Bonchev–Trinajstić information content (AvgIpc) is 3.26. The number of nitrogens with one attached hydrogen (secondary N) is 2. The molecule has 2 N–H and O–H groups in total. The van der Waals surface area contributed by atoms with Crippen LogP contribution in [0.2, 0.25) is 0 Å². The minimum Gasteiger partial charge on any atom is -0.320 e. The van der Waals surface area contributed by atoms with Crippen molar-refractivity contribution in [1.82, 2.24) is 19.7 Å². The molecule has 3 aromatic rings. The molecule has 0 bridgehead atoms. The molecule has 7 heteroatoms. The number of anilines is 1. The molecule has 0 unspecified atom stereocenters. The number of amides is 1. The number of nitrogens with zero attached hydrogens (tertiary/aromatic N) is 3. The molecule has 0 aliphatic heterocycles. The predicted octanol–water partition coefficient (Wildman–Crippen LogP) is 1.31. The zero-order valence-corrected chi connectivity index (χ0v) is 12.8. The van der Waals surface area contributed by atoms with E-state index < -0.39 is 5.56 Å². The van der Waals surface area contributed by atoms with E-state index in [-0.39, 0.29) is 17.5 Å². The number of aromatic nitrogens is 4. The molecule has 4 rings (SSSR count). The number of rotatable bonds is 3. The number of hydrogen-bond acceptors (Lipinski definition) is 4. The van der Waals surface area contributed by atoms with Gasteiger partial charge >= 0.3 is 0 Å². The van der Waals surface area contributed by atoms with Gasteiger partial charge in [-0.05, 0) is 30.0 Å². The van der Waals surface area contributed by atoms with E-state index >= 15 is 0 Å². The highest BCUT2D eigenvalue weighted by Crippen LogP contribution is 2.27. The lowest BCUT2D eigenvalue weighted by Crippen LogP contribution is -2.27. The molecule has 7 nitrogen and oxygen atoms in total. The van der Waals surface area contributed by atoms with Crippen LogP contribution in [0.25, 0.3) is 5.95 Å². The van der Waals surface area contributed by atoms with Gasteiger partial charge in [0.05, 0.1) is 6.20 Å². The van der Waals surface area contributed by atoms with Crippen LogP contribution in [0.1, 0.15) is 11.1 Å². The number of fused-ring (bicyclic) bond motifs is 1. The summed E-state index contributed by atoms with van der Waals surface area (Å²) in [6.07, 6.45) is 6.01. The Balaban J connectivity index is 1.50. The molecule has 2 aromatic heterocycles. The van der Waals surface area contributed by atoms with Crippen LogP contribution in [-0.4, -0.2) is 25.7 Å². The fourth-order valence-corrected chi connectivity index (χ4v) is 2.96. The lowest BCUT2D eigenvalue weighted by molar-refractivity contribution is -0.119. The minimum atomic E-state index is -0.403. The highest BCUT2D eigenvalue weighted by atomic mass is 16.2. The maximum Gasteiger partial charge on any atom is 0.276 e. The van der Waals surface area contributed by atoms with E-state index in [1.54, 1.807) is 18.5 Å². The van der Waals surface area contributed by atoms with Crippen molar-refractivity contribution in [2.45, 2.75) is 12.8 Å². The van der Waals surface area contributed by atoms with Crippen LogP contribution >= 0.6 is 0 Å². The monoisotopic (exact) mass is 321 g/mol. The first-order chi connectivity index (χ1) is 11.7. The van der Waals surface area contributed by atoms with Gasteiger partial charge in [-0.2, -0.15) is 5.10 Å². The molecule has 1 aliphatic rings. The average molecular weight is 321 g/mol. The third-order valence-corrected chi connectivity index (χ3v) is 4.19. The number of hydrogen-bond donors (Lipinski definition) is 2. The number of benzene rings is 1. The van der Waals surface area contributed by atoms with Crippen molar-refractivity contribution in [2.75, 3.05) is 5.32 Å². The molecule has 0 radical (unpaired) electrons. The zero-order valence-electron chi connectivity index (χ0n) is 12.8. The van der Waals surface area contributed by atoms with E-state index in [0.29, 0.717) is 18.8 Å². The summed E-state index contributed by atoms with van der Waals surface area (Å²) in [5, 5.41) is 6.69. The smallest absolute Gasteiger partial charge is 0.276 e. The first kappa shape index (κ1) is 14.4. The molecular weight excluding hydrogens is 306 g/mol. The van der Waals surface area contributed by atoms with Gasteiger partial charge in [-0.25, -0.2) is 9.67 Å². The summed E-state index contributed by atoms with van der Waals surface area (Å²) in [4.78, 5) is 31.3. The second kappa shape index (κ2) is 5.77. The van der Waals surface area contributed by atoms with E-state index in [2.05, 4.69) is 20.4 Å². The third-order valence-electron chi connectivity index (χ3n) is 4.19. The Morgan fingerprint density at radius 2 is 1.96 bits per heavy atom. The van der Waals surface area contributed by atoms with Crippen molar-refractivity contribution in [2.24, 2.45) is 5.92 Å². The van der Waals surface area contributed by atoms with Gasteiger partial charge in [-0.3, -0.25) is 14.6 Å². The maximum atomic E-state index is 12.4. The molecule has 1 aromatic carbocycles. The summed E-state index contributed by atoms with van der Waals surface area (Å²) < 4.78 is 1.45. The highest BCUT2D eigenvalue weighted by Gasteiger charge is 2.27. The Morgan fingerprint density at radius 1 is 1.21 bits per heavy atom. The lowest BCUT2D eigenvalue weighted by Gasteiger charge is -2.10. The fourth-order valence-electron chi connectivity index (χ4n) is 2.96. The number of H-pyrrole nitrogens is 1. The molecule has 0 saturated carbocycles. The van der Waals surface area contributed by atoms with Crippen LogP contribution in [0.3, 0.4) is 0 Å². The first-order valence-corrected chi connectivity index (χ1v) is 7.68. The Hall–Kier alpha value is -3.22. The van der Waals surface area contributed by atoms with Crippen LogP contribution in [0, 0.1) is 5.92 Å². The third kappa shape index (κ3) is 2.60. The van der Waals surface area contributed by atoms with Gasteiger partial charge in [0.2, 0.25) is 11.9 Å². The van der Waals surface area contributed by atoms with Gasteiger partial charge in [0.25, 0.3) is 5.56 Å². The summed E-state index contributed by atoms with van der Waals surface area (Å²) in [6.45, 7) is 0. The van der Waals surface area contributed by atoms with Crippen molar-refractivity contribution in [3.63, 3.8) is 0 Å². The van der Waals surface area contributed by atoms with Gasteiger partial charge in [0.15, 0.2) is 0 Å². The lowest BCUT2D eigenvalue weighted by atomic mass is 10.1. The molecule has 2 heterocycles. The molecule has 1 aliphatic carbocycles. The Morgan fingerprint density at radius 3 is 2.58 bits per heavy atom. The number of carbonyl (C=O) groups excluding carboxylic acids is 1. The molecular formula is C17H15N5O2. The summed E-state index contributed by atoms with van der Waals surface area (Å²) in [5.41, 5.74) is 2.13. The topological polar surface area (TPSA) is 92.7 Å². The normalized spacial score (nSPS) is 13.7. The molecule has 0 spiro atoms. The molecule has 24 heavy (non-hydrogen) atoms. The van der Waals surface area contributed by atoms with Crippen LogP contribution in [-0.2, 0) is 17.6 Å². The molecule has 0 fully saturated rings. The van der Waals surface area contributed by atoms with Gasteiger partial charge in [0.1, 0.15) is 5.69 Å². The maximum absolute atomic E-state index is 12.4. The van der Waals surface area contributed by atoms with Gasteiger partial charge < -0.3 is 5.32 Å². The summed E-state index contributed by atoms with van der Waals surface area (Å²) in [5.74, 6) is -0.0193. The Kier molecular flexibility index (Phi) is 3.45. The predicted molar refractivity (Wildman–Crippen MR) is 87.9 cm³/mol. The SMILES string of the molecule is O=C(Nc1cnc(-n2cccn2)[nH]c1=O)C1Cc2ccccc2C1. The highest BCUT2D eigenvalue weighted by molar-refractivity contribution is 5.93. The van der Waals surface area contributed by atoms with Crippen molar-refractivity contribution in [3.05, 3.63) is 70.4 Å². The van der Waals surface area contributed by atoms with Crippen molar-refractivity contribution in [1.29, 1.82) is 0 Å². The van der Waals surface area contributed by atoms with E-state index in [4.69, 9.17) is 0 Å². The standard InChI is InChI=1S/C17H15N5O2/c23-15(13-8-11-4-1-2-5-12(11)9-13)20-14-10-18-17(21-16(14)24)22-7-3-6-19-22/h1-7,10,13H,8-9H2,(H,20,23)(H,18,21,24). The number of aromatic amines is 1. The summed E-state index contributed by atoms with van der Waals surface area (Å²) in [6, 6.07) is 9.75. The van der Waals surface area contributed by atoms with E-state index in [1.165, 1.54) is 22.0 Å².